The lowest BCUT2D eigenvalue weighted by atomic mass is 10.0. The fraction of sp³-hybridized carbons (Fsp3) is 0.667. The third-order valence-electron chi connectivity index (χ3n) is 3.36. The van der Waals surface area contributed by atoms with Crippen LogP contribution in [0.5, 0.6) is 0 Å². The Morgan fingerprint density at radius 1 is 1.60 bits per heavy atom. The highest BCUT2D eigenvalue weighted by atomic mass is 32.1. The van der Waals surface area contributed by atoms with Crippen molar-refractivity contribution in [2.45, 2.75) is 31.8 Å². The summed E-state index contributed by atoms with van der Waals surface area (Å²) in [7, 11) is 2.07. The molecule has 2 atom stereocenters. The average Bonchev–Trinajstić information content (AvgIpc) is 2.81. The highest BCUT2D eigenvalue weighted by molar-refractivity contribution is 7.10. The lowest BCUT2D eigenvalue weighted by molar-refractivity contribution is 0.151. The molecule has 1 saturated heterocycles. The first-order valence-corrected chi connectivity index (χ1v) is 6.64. The van der Waals surface area contributed by atoms with E-state index in [4.69, 9.17) is 0 Å². The lowest BCUT2D eigenvalue weighted by Crippen LogP contribution is -2.45. The third kappa shape index (κ3) is 2.60. The van der Waals surface area contributed by atoms with Crippen LogP contribution < -0.4 is 5.32 Å². The van der Waals surface area contributed by atoms with Gasteiger partial charge >= 0.3 is 0 Å². The Labute approximate surface area is 96.3 Å². The summed E-state index contributed by atoms with van der Waals surface area (Å²) in [5, 5.41) is 5.57. The molecule has 1 aliphatic rings. The lowest BCUT2D eigenvalue weighted by Gasteiger charge is -2.36. The first-order valence-electron chi connectivity index (χ1n) is 5.76. The second kappa shape index (κ2) is 5.10. The molecule has 0 amide bonds. The van der Waals surface area contributed by atoms with Crippen molar-refractivity contribution in [2.24, 2.45) is 0 Å². The number of nitrogens with zero attached hydrogens (tertiary/aromatic N) is 1. The topological polar surface area (TPSA) is 15.3 Å². The Morgan fingerprint density at radius 3 is 3.13 bits per heavy atom. The van der Waals surface area contributed by atoms with Gasteiger partial charge in [-0.1, -0.05) is 6.07 Å². The fourth-order valence-corrected chi connectivity index (χ4v) is 3.12. The molecule has 0 spiro atoms. The van der Waals surface area contributed by atoms with E-state index in [-0.39, 0.29) is 0 Å². The zero-order valence-corrected chi connectivity index (χ0v) is 10.4. The third-order valence-corrected chi connectivity index (χ3v) is 4.41. The largest absolute Gasteiger partial charge is 0.316 e. The van der Waals surface area contributed by atoms with Crippen LogP contribution in [0.1, 0.15) is 30.7 Å². The van der Waals surface area contributed by atoms with E-state index in [9.17, 15) is 0 Å². The predicted molar refractivity (Wildman–Crippen MR) is 66.4 cm³/mol. The van der Waals surface area contributed by atoms with E-state index >= 15 is 0 Å². The highest BCUT2D eigenvalue weighted by Gasteiger charge is 2.23. The van der Waals surface area contributed by atoms with Gasteiger partial charge in [0, 0.05) is 23.5 Å². The van der Waals surface area contributed by atoms with E-state index < -0.39 is 0 Å². The van der Waals surface area contributed by atoms with Crippen LogP contribution in [0.25, 0.3) is 0 Å². The van der Waals surface area contributed by atoms with Crippen LogP contribution in [0, 0.1) is 0 Å². The Morgan fingerprint density at radius 2 is 2.47 bits per heavy atom. The van der Waals surface area contributed by atoms with Crippen molar-refractivity contribution in [3.05, 3.63) is 22.4 Å². The smallest absolute Gasteiger partial charge is 0.0413 e. The van der Waals surface area contributed by atoms with E-state index in [0.29, 0.717) is 12.1 Å². The van der Waals surface area contributed by atoms with Gasteiger partial charge in [-0.25, -0.2) is 0 Å². The number of nitrogens with one attached hydrogen (secondary N) is 1. The van der Waals surface area contributed by atoms with E-state index in [1.807, 2.05) is 11.3 Å². The Balaban J connectivity index is 1.98. The number of thiophene rings is 1. The summed E-state index contributed by atoms with van der Waals surface area (Å²) in [6, 6.07) is 5.66. The van der Waals surface area contributed by atoms with Crippen molar-refractivity contribution in [2.75, 3.05) is 20.1 Å². The second-order valence-electron chi connectivity index (χ2n) is 4.31. The molecule has 2 rings (SSSR count). The van der Waals surface area contributed by atoms with Gasteiger partial charge < -0.3 is 5.32 Å². The van der Waals surface area contributed by atoms with Gasteiger partial charge in [0.15, 0.2) is 0 Å². The molecule has 0 radical (unpaired) electrons. The van der Waals surface area contributed by atoms with Crippen LogP contribution in [0.3, 0.4) is 0 Å². The van der Waals surface area contributed by atoms with Gasteiger partial charge in [0.1, 0.15) is 0 Å². The van der Waals surface area contributed by atoms with Crippen LogP contribution in [-0.4, -0.2) is 31.1 Å². The van der Waals surface area contributed by atoms with Crippen LogP contribution in [0.4, 0.5) is 0 Å². The molecule has 3 heteroatoms. The van der Waals surface area contributed by atoms with Gasteiger partial charge in [-0.2, -0.15) is 0 Å². The molecule has 0 unspecified atom stereocenters. The van der Waals surface area contributed by atoms with Crippen molar-refractivity contribution < 1.29 is 0 Å². The molecule has 84 valence electrons. The van der Waals surface area contributed by atoms with Gasteiger partial charge in [0.2, 0.25) is 0 Å². The maximum absolute atomic E-state index is 3.40. The van der Waals surface area contributed by atoms with Gasteiger partial charge in [-0.05, 0) is 44.8 Å². The van der Waals surface area contributed by atoms with Crippen molar-refractivity contribution in [1.29, 1.82) is 0 Å². The maximum Gasteiger partial charge on any atom is 0.0413 e. The molecular weight excluding hydrogens is 204 g/mol. The summed E-state index contributed by atoms with van der Waals surface area (Å²) in [5.41, 5.74) is 0. The zero-order chi connectivity index (χ0) is 10.7. The van der Waals surface area contributed by atoms with E-state index in [1.165, 1.54) is 30.8 Å². The molecule has 0 aliphatic carbocycles. The molecule has 1 aromatic heterocycles. The van der Waals surface area contributed by atoms with Crippen molar-refractivity contribution in [3.63, 3.8) is 0 Å². The Kier molecular flexibility index (Phi) is 3.78. The van der Waals surface area contributed by atoms with Crippen molar-refractivity contribution in [1.82, 2.24) is 10.2 Å². The molecule has 2 nitrogen and oxygen atoms in total. The van der Waals surface area contributed by atoms with Gasteiger partial charge in [0.05, 0.1) is 0 Å². The quantitative estimate of drug-likeness (QED) is 0.848. The number of hydrogen-bond acceptors (Lipinski definition) is 3. The van der Waals surface area contributed by atoms with E-state index in [2.05, 4.69) is 41.7 Å². The predicted octanol–water partition coefficient (Wildman–Crippen LogP) is 2.49. The summed E-state index contributed by atoms with van der Waals surface area (Å²) in [4.78, 5) is 4.09. The Bertz CT molecular complexity index is 284. The van der Waals surface area contributed by atoms with Crippen molar-refractivity contribution in [3.8, 4) is 0 Å². The maximum atomic E-state index is 3.40. The monoisotopic (exact) mass is 224 g/mol. The summed E-state index contributed by atoms with van der Waals surface area (Å²) < 4.78 is 0. The molecule has 1 N–H and O–H groups in total. The molecule has 1 aromatic rings. The number of hydrogen-bond donors (Lipinski definition) is 1. The molecule has 15 heavy (non-hydrogen) atoms. The molecule has 0 aromatic carbocycles. The Hall–Kier alpha value is -0.380. The SMILES string of the molecule is CN[C@@H]1CCCN([C@@H](C)c2cccs2)C1. The summed E-state index contributed by atoms with van der Waals surface area (Å²) >= 11 is 1.87. The van der Waals surface area contributed by atoms with Crippen molar-refractivity contribution >= 4 is 11.3 Å². The number of likely N-dealkylation sites (N-methyl/N-ethyl adjacent to an activating group) is 1. The normalized spacial score (nSPS) is 25.3. The fourth-order valence-electron chi connectivity index (χ4n) is 2.30. The zero-order valence-electron chi connectivity index (χ0n) is 9.57. The first-order chi connectivity index (χ1) is 7.31. The summed E-state index contributed by atoms with van der Waals surface area (Å²) in [6.45, 7) is 4.76. The van der Waals surface area contributed by atoms with Gasteiger partial charge in [0.25, 0.3) is 0 Å². The molecule has 2 heterocycles. The minimum atomic E-state index is 0.584. The highest BCUT2D eigenvalue weighted by Crippen LogP contribution is 2.27. The minimum absolute atomic E-state index is 0.584. The number of rotatable bonds is 3. The van der Waals surface area contributed by atoms with E-state index in [0.717, 1.165) is 0 Å². The number of likely N-dealkylation sites (tertiary alicyclic amines) is 1. The number of piperidine rings is 1. The standard InChI is InChI=1S/C12H20N2S/c1-10(12-6-4-8-15-12)14-7-3-5-11(9-14)13-2/h4,6,8,10-11,13H,3,5,7,9H2,1-2H3/t10-,11+/m0/s1. The molecule has 1 fully saturated rings. The first kappa shape index (κ1) is 11.1. The molecule has 0 saturated carbocycles. The van der Waals surface area contributed by atoms with Crippen LogP contribution in [0.15, 0.2) is 17.5 Å². The molecule has 0 bridgehead atoms. The van der Waals surface area contributed by atoms with Crippen LogP contribution in [0.2, 0.25) is 0 Å². The van der Waals surface area contributed by atoms with Crippen LogP contribution >= 0.6 is 11.3 Å². The van der Waals surface area contributed by atoms with E-state index in [1.54, 1.807) is 0 Å². The van der Waals surface area contributed by atoms with Gasteiger partial charge in [-0.3, -0.25) is 4.90 Å². The second-order valence-corrected chi connectivity index (χ2v) is 5.29. The summed E-state index contributed by atoms with van der Waals surface area (Å²) in [6.07, 6.45) is 2.64. The van der Waals surface area contributed by atoms with Gasteiger partial charge in [-0.15, -0.1) is 11.3 Å². The summed E-state index contributed by atoms with van der Waals surface area (Å²) in [5.74, 6) is 0. The molecule has 1 aliphatic heterocycles. The molecular formula is C12H20N2S. The average molecular weight is 224 g/mol. The minimum Gasteiger partial charge on any atom is -0.316 e. The van der Waals surface area contributed by atoms with Crippen LogP contribution in [-0.2, 0) is 0 Å².